The molecule has 1 heterocycles. The Morgan fingerprint density at radius 2 is 2.18 bits per heavy atom. The van der Waals surface area contributed by atoms with Gasteiger partial charge in [0.2, 0.25) is 0 Å². The predicted molar refractivity (Wildman–Crippen MR) is 90.6 cm³/mol. The molecule has 0 spiro atoms. The van der Waals surface area contributed by atoms with Gasteiger partial charge in [0.25, 0.3) is 5.69 Å². The summed E-state index contributed by atoms with van der Waals surface area (Å²) in [6, 6.07) is 3.55. The normalized spacial score (nSPS) is 21.5. The Hall–Kier alpha value is -1.59. The van der Waals surface area contributed by atoms with Crippen LogP contribution in [-0.2, 0) is 0 Å². The van der Waals surface area contributed by atoms with Gasteiger partial charge in [-0.1, -0.05) is 23.3 Å². The number of rotatable bonds is 3. The third kappa shape index (κ3) is 3.42. The Balaban J connectivity index is 2.48. The third-order valence-electron chi connectivity index (χ3n) is 4.11. The monoisotopic (exact) mass is 323 g/mol. The highest BCUT2D eigenvalue weighted by molar-refractivity contribution is 6.31. The SMILES string of the molecule is CC(C)=CCN1[C@@H](C)CNc2c(cc(Cl)cc2[N+](=O)[O-])[C@@H]1C. The molecule has 5 nitrogen and oxygen atoms in total. The number of benzene rings is 1. The van der Waals surface area contributed by atoms with Gasteiger partial charge in [0.1, 0.15) is 5.69 Å². The first kappa shape index (κ1) is 16.8. The van der Waals surface area contributed by atoms with Crippen molar-refractivity contribution in [2.75, 3.05) is 18.4 Å². The Morgan fingerprint density at radius 1 is 1.50 bits per heavy atom. The Labute approximate surface area is 136 Å². The van der Waals surface area contributed by atoms with Crippen molar-refractivity contribution in [1.29, 1.82) is 0 Å². The van der Waals surface area contributed by atoms with Crippen molar-refractivity contribution in [1.82, 2.24) is 4.90 Å². The van der Waals surface area contributed by atoms with Crippen LogP contribution in [0.4, 0.5) is 11.4 Å². The molecule has 0 aliphatic carbocycles. The topological polar surface area (TPSA) is 58.4 Å². The van der Waals surface area contributed by atoms with Crippen molar-refractivity contribution in [2.45, 2.75) is 39.8 Å². The minimum absolute atomic E-state index is 0.0469. The molecule has 0 unspecified atom stereocenters. The van der Waals surface area contributed by atoms with Gasteiger partial charge in [-0.2, -0.15) is 0 Å². The van der Waals surface area contributed by atoms with E-state index in [0.29, 0.717) is 17.3 Å². The lowest BCUT2D eigenvalue weighted by Crippen LogP contribution is -2.37. The molecule has 0 bridgehead atoms. The summed E-state index contributed by atoms with van der Waals surface area (Å²) in [6.45, 7) is 9.81. The van der Waals surface area contributed by atoms with Crippen LogP contribution in [0.2, 0.25) is 5.02 Å². The number of halogens is 1. The summed E-state index contributed by atoms with van der Waals surface area (Å²) in [7, 11) is 0. The molecule has 0 aromatic heterocycles. The van der Waals surface area contributed by atoms with Crippen molar-refractivity contribution in [3.63, 3.8) is 0 Å². The van der Waals surface area contributed by atoms with E-state index in [1.165, 1.54) is 11.6 Å². The van der Waals surface area contributed by atoms with E-state index in [1.54, 1.807) is 0 Å². The molecule has 1 aromatic carbocycles. The molecule has 120 valence electrons. The molecule has 6 heteroatoms. The largest absolute Gasteiger partial charge is 0.378 e. The molecular weight excluding hydrogens is 302 g/mol. The van der Waals surface area contributed by atoms with Gasteiger partial charge in [-0.15, -0.1) is 0 Å². The highest BCUT2D eigenvalue weighted by Gasteiger charge is 2.30. The van der Waals surface area contributed by atoms with Crippen LogP contribution in [0.5, 0.6) is 0 Å². The van der Waals surface area contributed by atoms with Crippen LogP contribution in [0.25, 0.3) is 0 Å². The van der Waals surface area contributed by atoms with Crippen molar-refractivity contribution in [3.8, 4) is 0 Å². The number of nitro groups is 1. The molecule has 0 saturated heterocycles. The number of nitro benzene ring substituents is 1. The lowest BCUT2D eigenvalue weighted by molar-refractivity contribution is -0.384. The number of anilines is 1. The van der Waals surface area contributed by atoms with Gasteiger partial charge >= 0.3 is 0 Å². The molecule has 2 rings (SSSR count). The lowest BCUT2D eigenvalue weighted by Gasteiger charge is -2.31. The van der Waals surface area contributed by atoms with Gasteiger partial charge in [0.15, 0.2) is 0 Å². The minimum Gasteiger partial charge on any atom is -0.378 e. The number of nitrogens with one attached hydrogen (secondary N) is 1. The van der Waals surface area contributed by atoms with Crippen LogP contribution >= 0.6 is 11.6 Å². The molecular formula is C16H22ClN3O2. The maximum atomic E-state index is 11.3. The first-order valence-electron chi connectivity index (χ1n) is 7.42. The number of nitrogens with zero attached hydrogens (tertiary/aromatic N) is 2. The zero-order valence-corrected chi connectivity index (χ0v) is 14.1. The van der Waals surface area contributed by atoms with E-state index in [0.717, 1.165) is 12.1 Å². The summed E-state index contributed by atoms with van der Waals surface area (Å²) < 4.78 is 0. The number of fused-ring (bicyclic) bond motifs is 1. The zero-order chi connectivity index (χ0) is 16.4. The Bertz CT molecular complexity index is 612. The fourth-order valence-corrected chi connectivity index (χ4v) is 3.05. The van der Waals surface area contributed by atoms with Crippen LogP contribution in [0.3, 0.4) is 0 Å². The molecule has 2 atom stereocenters. The molecule has 0 amide bonds. The molecule has 1 aliphatic heterocycles. The van der Waals surface area contributed by atoms with Gasteiger partial charge in [0, 0.05) is 41.8 Å². The van der Waals surface area contributed by atoms with Crippen LogP contribution in [0.1, 0.15) is 39.3 Å². The quantitative estimate of drug-likeness (QED) is 0.509. The first-order chi connectivity index (χ1) is 10.3. The summed E-state index contributed by atoms with van der Waals surface area (Å²) in [4.78, 5) is 13.3. The van der Waals surface area contributed by atoms with Gasteiger partial charge in [-0.3, -0.25) is 15.0 Å². The maximum absolute atomic E-state index is 11.3. The van der Waals surface area contributed by atoms with Gasteiger partial charge in [-0.25, -0.2) is 0 Å². The molecule has 1 N–H and O–H groups in total. The average Bonchev–Trinajstić information content (AvgIpc) is 2.54. The smallest absolute Gasteiger partial charge is 0.294 e. The van der Waals surface area contributed by atoms with Crippen molar-refractivity contribution in [3.05, 3.63) is 44.5 Å². The highest BCUT2D eigenvalue weighted by Crippen LogP contribution is 2.40. The predicted octanol–water partition coefficient (Wildman–Crippen LogP) is 4.39. The van der Waals surface area contributed by atoms with E-state index in [4.69, 9.17) is 11.6 Å². The highest BCUT2D eigenvalue weighted by atomic mass is 35.5. The summed E-state index contributed by atoms with van der Waals surface area (Å²) in [6.07, 6.45) is 2.18. The van der Waals surface area contributed by atoms with E-state index >= 15 is 0 Å². The number of hydrogen-bond donors (Lipinski definition) is 1. The molecule has 0 radical (unpaired) electrons. The van der Waals surface area contributed by atoms with Crippen molar-refractivity contribution >= 4 is 23.0 Å². The minimum atomic E-state index is -0.374. The Kier molecular flexibility index (Phi) is 5.08. The first-order valence-corrected chi connectivity index (χ1v) is 7.80. The lowest BCUT2D eigenvalue weighted by atomic mass is 10.0. The molecule has 0 fully saturated rings. The third-order valence-corrected chi connectivity index (χ3v) is 4.33. The van der Waals surface area contributed by atoms with Gasteiger partial charge < -0.3 is 5.32 Å². The summed E-state index contributed by atoms with van der Waals surface area (Å²) in [5.74, 6) is 0. The van der Waals surface area contributed by atoms with Crippen LogP contribution in [0, 0.1) is 10.1 Å². The van der Waals surface area contributed by atoms with Gasteiger partial charge in [-0.05, 0) is 33.8 Å². The van der Waals surface area contributed by atoms with Crippen LogP contribution < -0.4 is 5.32 Å². The second kappa shape index (κ2) is 6.67. The number of hydrogen-bond acceptors (Lipinski definition) is 4. The maximum Gasteiger partial charge on any atom is 0.294 e. The summed E-state index contributed by atoms with van der Waals surface area (Å²) in [5.41, 5.74) is 2.78. The van der Waals surface area contributed by atoms with Crippen LogP contribution in [0.15, 0.2) is 23.8 Å². The fraction of sp³-hybridized carbons (Fsp3) is 0.500. The summed E-state index contributed by atoms with van der Waals surface area (Å²) in [5, 5.41) is 14.9. The molecule has 0 saturated carbocycles. The molecule has 1 aliphatic rings. The zero-order valence-electron chi connectivity index (χ0n) is 13.4. The number of allylic oxidation sites excluding steroid dienone is 1. The van der Waals surface area contributed by atoms with Crippen molar-refractivity contribution < 1.29 is 4.92 Å². The van der Waals surface area contributed by atoms with E-state index < -0.39 is 0 Å². The second-order valence-electron chi connectivity index (χ2n) is 6.03. The molecule has 22 heavy (non-hydrogen) atoms. The average molecular weight is 324 g/mol. The van der Waals surface area contributed by atoms with Crippen LogP contribution in [-0.4, -0.2) is 29.0 Å². The van der Waals surface area contributed by atoms with E-state index in [9.17, 15) is 10.1 Å². The van der Waals surface area contributed by atoms with E-state index in [1.807, 2.05) is 6.07 Å². The van der Waals surface area contributed by atoms with Crippen molar-refractivity contribution in [2.24, 2.45) is 0 Å². The van der Waals surface area contributed by atoms with E-state index in [-0.39, 0.29) is 22.7 Å². The standard InChI is InChI=1S/C16H22ClN3O2/c1-10(2)5-6-19-11(3)9-18-16-14(12(19)4)7-13(17)8-15(16)20(21)22/h5,7-8,11-12,18H,6,9H2,1-4H3/t11-,12-/m0/s1. The molecule has 1 aromatic rings. The summed E-state index contributed by atoms with van der Waals surface area (Å²) >= 11 is 6.09. The van der Waals surface area contributed by atoms with E-state index in [2.05, 4.69) is 44.0 Å². The van der Waals surface area contributed by atoms with Gasteiger partial charge in [0.05, 0.1) is 4.92 Å². The second-order valence-corrected chi connectivity index (χ2v) is 6.47. The Morgan fingerprint density at radius 3 is 2.77 bits per heavy atom. The fourth-order valence-electron chi connectivity index (χ4n) is 2.83.